The summed E-state index contributed by atoms with van der Waals surface area (Å²) in [7, 11) is 0. The monoisotopic (exact) mass is 434 g/mol. The summed E-state index contributed by atoms with van der Waals surface area (Å²) in [5, 5.41) is 20.7. The van der Waals surface area contributed by atoms with Gasteiger partial charge >= 0.3 is 5.97 Å². The van der Waals surface area contributed by atoms with Crippen LogP contribution in [0.4, 0.5) is 5.69 Å². The predicted octanol–water partition coefficient (Wildman–Crippen LogP) is 4.39. The van der Waals surface area contributed by atoms with Crippen LogP contribution in [0.25, 0.3) is 0 Å². The first-order valence-electron chi connectivity index (χ1n) is 9.99. The molecule has 0 saturated carbocycles. The van der Waals surface area contributed by atoms with E-state index in [0.29, 0.717) is 28.3 Å². The summed E-state index contributed by atoms with van der Waals surface area (Å²) in [5.74, 6) is 0.305. The van der Waals surface area contributed by atoms with Gasteiger partial charge in [-0.2, -0.15) is 5.48 Å². The Balaban J connectivity index is 1.71. The number of phenolic OH excluding ortho intramolecular Hbond substituents is 2. The third-order valence-electron chi connectivity index (χ3n) is 4.87. The van der Waals surface area contributed by atoms with Crippen LogP contribution in [0.15, 0.2) is 65.7 Å². The molecule has 8 nitrogen and oxygen atoms in total. The minimum absolute atomic E-state index is 0.0204. The van der Waals surface area contributed by atoms with Crippen LogP contribution in [0, 0.1) is 0 Å². The van der Waals surface area contributed by atoms with Gasteiger partial charge in [-0.05, 0) is 41.8 Å². The van der Waals surface area contributed by atoms with Crippen LogP contribution < -0.4 is 15.0 Å². The second-order valence-electron chi connectivity index (χ2n) is 7.44. The molecule has 0 unspecified atom stereocenters. The molecular weight excluding hydrogens is 412 g/mol. The molecule has 0 amide bonds. The highest BCUT2D eigenvalue weighted by molar-refractivity contribution is 6.03. The van der Waals surface area contributed by atoms with E-state index >= 15 is 0 Å². The topological polar surface area (TPSA) is 110 Å². The Morgan fingerprint density at radius 2 is 1.75 bits per heavy atom. The fourth-order valence-corrected chi connectivity index (χ4v) is 3.20. The first-order chi connectivity index (χ1) is 15.4. The van der Waals surface area contributed by atoms with Gasteiger partial charge in [-0.15, -0.1) is 0 Å². The van der Waals surface area contributed by atoms with Crippen LogP contribution in [-0.4, -0.2) is 28.8 Å². The van der Waals surface area contributed by atoms with Crippen LogP contribution >= 0.6 is 0 Å². The number of hydrogen-bond donors (Lipinski definition) is 3. The van der Waals surface area contributed by atoms with Crippen LogP contribution in [-0.2, 0) is 4.84 Å². The Hall–Kier alpha value is -4.20. The predicted molar refractivity (Wildman–Crippen MR) is 118 cm³/mol. The van der Waals surface area contributed by atoms with Gasteiger partial charge in [0.1, 0.15) is 11.5 Å². The number of amidine groups is 1. The lowest BCUT2D eigenvalue weighted by Crippen LogP contribution is -2.28. The van der Waals surface area contributed by atoms with Gasteiger partial charge in [0.15, 0.2) is 17.3 Å². The molecule has 0 aliphatic carbocycles. The molecule has 3 aromatic rings. The van der Waals surface area contributed by atoms with Crippen molar-refractivity contribution < 1.29 is 29.3 Å². The van der Waals surface area contributed by atoms with Gasteiger partial charge in [-0.3, -0.25) is 0 Å². The Labute approximate surface area is 184 Å². The minimum atomic E-state index is -0.619. The highest BCUT2D eigenvalue weighted by atomic mass is 16.7. The molecule has 0 radical (unpaired) electrons. The number of aliphatic imine (C=N–C) groups is 1. The van der Waals surface area contributed by atoms with Gasteiger partial charge in [0.05, 0.1) is 16.8 Å². The van der Waals surface area contributed by atoms with Crippen molar-refractivity contribution in [2.24, 2.45) is 4.99 Å². The standard InChI is InChI=1S/C24H22N2O6/c1-14(2)17-11-18(20(28)12-19(17)27)23(26-32-24(29)15-6-4-3-5-7-15)25-16-8-9-21-22(10-16)31-13-30-21/h3-12,14,27-28H,13H2,1-2H3,(H,25,26). The number of nitrogens with one attached hydrogen (secondary N) is 1. The zero-order valence-corrected chi connectivity index (χ0v) is 17.5. The van der Waals surface area contributed by atoms with Crippen molar-refractivity contribution in [1.29, 1.82) is 0 Å². The van der Waals surface area contributed by atoms with Gasteiger partial charge < -0.3 is 24.5 Å². The third-order valence-corrected chi connectivity index (χ3v) is 4.87. The van der Waals surface area contributed by atoms with Crippen molar-refractivity contribution in [3.8, 4) is 23.0 Å². The maximum absolute atomic E-state index is 12.4. The maximum atomic E-state index is 12.4. The van der Waals surface area contributed by atoms with Crippen molar-refractivity contribution in [1.82, 2.24) is 5.48 Å². The van der Waals surface area contributed by atoms with E-state index in [4.69, 9.17) is 14.3 Å². The number of benzene rings is 3. The minimum Gasteiger partial charge on any atom is -0.508 e. The lowest BCUT2D eigenvalue weighted by atomic mass is 9.98. The molecule has 0 bridgehead atoms. The van der Waals surface area contributed by atoms with Crippen LogP contribution in [0.1, 0.15) is 41.3 Å². The normalized spacial score (nSPS) is 12.7. The fourth-order valence-electron chi connectivity index (χ4n) is 3.20. The summed E-state index contributed by atoms with van der Waals surface area (Å²) < 4.78 is 10.7. The summed E-state index contributed by atoms with van der Waals surface area (Å²) in [6.45, 7) is 3.94. The highest BCUT2D eigenvalue weighted by Gasteiger charge is 2.19. The third kappa shape index (κ3) is 4.44. The average molecular weight is 434 g/mol. The summed E-state index contributed by atoms with van der Waals surface area (Å²) in [6.07, 6.45) is 0. The number of carbonyl (C=O) groups excluding carboxylic acids is 1. The van der Waals surface area contributed by atoms with Crippen LogP contribution in [0.5, 0.6) is 23.0 Å². The van der Waals surface area contributed by atoms with Crippen LogP contribution in [0.2, 0.25) is 0 Å². The molecule has 0 fully saturated rings. The molecular formula is C24H22N2O6. The van der Waals surface area contributed by atoms with Crippen molar-refractivity contribution in [2.45, 2.75) is 19.8 Å². The van der Waals surface area contributed by atoms with E-state index in [1.54, 1.807) is 54.6 Å². The molecule has 1 aliphatic heterocycles. The van der Waals surface area contributed by atoms with Gasteiger partial charge in [0.2, 0.25) is 6.79 Å². The smallest absolute Gasteiger partial charge is 0.362 e. The average Bonchev–Trinajstić information content (AvgIpc) is 3.25. The molecule has 32 heavy (non-hydrogen) atoms. The van der Waals surface area contributed by atoms with E-state index in [1.165, 1.54) is 6.07 Å². The maximum Gasteiger partial charge on any atom is 0.362 e. The Kier molecular flexibility index (Phi) is 5.85. The molecule has 1 heterocycles. The molecule has 4 rings (SSSR count). The largest absolute Gasteiger partial charge is 0.508 e. The number of phenols is 2. The molecule has 0 saturated heterocycles. The first kappa shape index (κ1) is 21.0. The summed E-state index contributed by atoms with van der Waals surface area (Å²) >= 11 is 0. The number of rotatable bonds is 4. The van der Waals surface area contributed by atoms with Gasteiger partial charge in [-0.1, -0.05) is 32.0 Å². The van der Waals surface area contributed by atoms with Crippen molar-refractivity contribution in [3.63, 3.8) is 0 Å². The Morgan fingerprint density at radius 1 is 1.00 bits per heavy atom. The SMILES string of the molecule is CC(C)c1cc(C(=Nc2ccc3c(c2)OCO3)NOC(=O)c2ccccc2)c(O)cc1O. The molecule has 1 aliphatic rings. The number of nitrogens with zero attached hydrogens (tertiary/aromatic N) is 1. The lowest BCUT2D eigenvalue weighted by molar-refractivity contribution is 0.0387. The van der Waals surface area contributed by atoms with E-state index in [0.717, 1.165) is 0 Å². The molecule has 8 heteroatoms. The van der Waals surface area contributed by atoms with Crippen molar-refractivity contribution in [2.75, 3.05) is 6.79 Å². The highest BCUT2D eigenvalue weighted by Crippen LogP contribution is 2.36. The number of fused-ring (bicyclic) bond motifs is 1. The molecule has 0 aromatic heterocycles. The quantitative estimate of drug-likeness (QED) is 0.317. The molecule has 3 aromatic carbocycles. The zero-order valence-electron chi connectivity index (χ0n) is 17.5. The zero-order chi connectivity index (χ0) is 22.7. The first-order valence-corrected chi connectivity index (χ1v) is 9.99. The number of hydrogen-bond acceptors (Lipinski definition) is 7. The molecule has 164 valence electrons. The van der Waals surface area contributed by atoms with E-state index < -0.39 is 5.97 Å². The van der Waals surface area contributed by atoms with Crippen molar-refractivity contribution >= 4 is 17.5 Å². The van der Waals surface area contributed by atoms with E-state index in [9.17, 15) is 15.0 Å². The Morgan fingerprint density at radius 3 is 2.50 bits per heavy atom. The molecule has 3 N–H and O–H groups in total. The summed E-state index contributed by atoms with van der Waals surface area (Å²) in [6, 6.07) is 16.4. The number of aromatic hydroxyl groups is 2. The molecule has 0 atom stereocenters. The fraction of sp³-hybridized carbons (Fsp3) is 0.167. The van der Waals surface area contributed by atoms with E-state index in [-0.39, 0.29) is 35.6 Å². The van der Waals surface area contributed by atoms with E-state index in [2.05, 4.69) is 10.5 Å². The second kappa shape index (κ2) is 8.89. The summed E-state index contributed by atoms with van der Waals surface area (Å²) in [5.41, 5.74) is 4.25. The number of carbonyl (C=O) groups is 1. The Bertz CT molecular complexity index is 1170. The summed E-state index contributed by atoms with van der Waals surface area (Å²) in [4.78, 5) is 22.2. The number of hydroxylamine groups is 1. The van der Waals surface area contributed by atoms with Gasteiger partial charge in [0.25, 0.3) is 0 Å². The van der Waals surface area contributed by atoms with Crippen LogP contribution in [0.3, 0.4) is 0 Å². The molecule has 0 spiro atoms. The number of ether oxygens (including phenoxy) is 2. The van der Waals surface area contributed by atoms with Gasteiger partial charge in [-0.25, -0.2) is 9.79 Å². The van der Waals surface area contributed by atoms with Gasteiger partial charge in [0, 0.05) is 12.1 Å². The lowest BCUT2D eigenvalue weighted by Gasteiger charge is -2.15. The van der Waals surface area contributed by atoms with Crippen molar-refractivity contribution in [3.05, 3.63) is 77.4 Å². The second-order valence-corrected chi connectivity index (χ2v) is 7.44. The van der Waals surface area contributed by atoms with E-state index in [1.807, 2.05) is 13.8 Å².